The summed E-state index contributed by atoms with van der Waals surface area (Å²) >= 11 is 1.32. The van der Waals surface area contributed by atoms with E-state index in [9.17, 15) is 9.59 Å². The number of fused-ring (bicyclic) bond motifs is 3. The van der Waals surface area contributed by atoms with Crippen molar-refractivity contribution in [2.45, 2.75) is 44.6 Å². The summed E-state index contributed by atoms with van der Waals surface area (Å²) in [4.78, 5) is 28.1. The summed E-state index contributed by atoms with van der Waals surface area (Å²) < 4.78 is 3.39. The van der Waals surface area contributed by atoms with Crippen LogP contribution in [-0.4, -0.2) is 41.3 Å². The summed E-state index contributed by atoms with van der Waals surface area (Å²) in [5.74, 6) is 0.655. The monoisotopic (exact) mass is 461 g/mol. The number of benzene rings is 2. The molecule has 0 radical (unpaired) electrons. The highest BCUT2D eigenvalue weighted by molar-refractivity contribution is 7.99. The molecule has 0 spiro atoms. The maximum atomic E-state index is 13.3. The molecule has 0 fully saturated rings. The summed E-state index contributed by atoms with van der Waals surface area (Å²) in [6.07, 6.45) is 1.66. The molecular weight excluding hydrogens is 434 g/mol. The first kappa shape index (κ1) is 22.8. The zero-order chi connectivity index (χ0) is 23.6. The van der Waals surface area contributed by atoms with E-state index >= 15 is 0 Å². The molecule has 0 saturated heterocycles. The summed E-state index contributed by atoms with van der Waals surface area (Å²) in [7, 11) is 0. The van der Waals surface area contributed by atoms with Gasteiger partial charge in [-0.05, 0) is 38.5 Å². The molecule has 7 nitrogen and oxygen atoms in total. The SMILES string of the molecule is C=CCn1c(=O)c2ccccc2n2c(SCC(=O)N(Cc3ccccc3)C(C)(C)C)nnc12. The predicted octanol–water partition coefficient (Wildman–Crippen LogP) is 4.15. The first-order valence-electron chi connectivity index (χ1n) is 10.8. The second-order valence-electron chi connectivity index (χ2n) is 8.76. The molecule has 2 aromatic heterocycles. The van der Waals surface area contributed by atoms with Crippen LogP contribution in [0.1, 0.15) is 26.3 Å². The molecule has 170 valence electrons. The third-order valence-corrected chi connectivity index (χ3v) is 6.32. The van der Waals surface area contributed by atoms with Crippen molar-refractivity contribution in [2.75, 3.05) is 5.75 Å². The lowest BCUT2D eigenvalue weighted by Gasteiger charge is -2.36. The Morgan fingerprint density at radius 2 is 1.79 bits per heavy atom. The Morgan fingerprint density at radius 3 is 2.48 bits per heavy atom. The van der Waals surface area contributed by atoms with Gasteiger partial charge in [0.05, 0.1) is 16.7 Å². The highest BCUT2D eigenvalue weighted by Crippen LogP contribution is 2.24. The molecule has 0 aliphatic heterocycles. The van der Waals surface area contributed by atoms with Gasteiger partial charge in [0, 0.05) is 18.6 Å². The minimum Gasteiger partial charge on any atom is -0.333 e. The lowest BCUT2D eigenvalue weighted by atomic mass is 10.0. The maximum absolute atomic E-state index is 13.3. The van der Waals surface area contributed by atoms with Crippen LogP contribution in [0.2, 0.25) is 0 Å². The van der Waals surface area contributed by atoms with Crippen LogP contribution in [-0.2, 0) is 17.9 Å². The van der Waals surface area contributed by atoms with Crippen LogP contribution in [0.5, 0.6) is 0 Å². The Kier molecular flexibility index (Phi) is 6.37. The van der Waals surface area contributed by atoms with Crippen molar-refractivity contribution in [3.05, 3.63) is 83.2 Å². The normalized spacial score (nSPS) is 11.7. The lowest BCUT2D eigenvalue weighted by molar-refractivity contribution is -0.133. The maximum Gasteiger partial charge on any atom is 0.263 e. The van der Waals surface area contributed by atoms with Crippen LogP contribution in [0.4, 0.5) is 0 Å². The molecule has 8 heteroatoms. The number of hydrogen-bond acceptors (Lipinski definition) is 5. The Bertz CT molecular complexity index is 1370. The van der Waals surface area contributed by atoms with E-state index in [4.69, 9.17) is 0 Å². The number of aromatic nitrogens is 4. The smallest absolute Gasteiger partial charge is 0.263 e. The molecule has 1 amide bonds. The number of carbonyl (C=O) groups is 1. The Balaban J connectivity index is 1.67. The molecule has 0 unspecified atom stereocenters. The molecule has 4 rings (SSSR count). The highest BCUT2D eigenvalue weighted by atomic mass is 32.2. The average Bonchev–Trinajstić information content (AvgIpc) is 3.22. The number of nitrogens with zero attached hydrogens (tertiary/aromatic N) is 5. The van der Waals surface area contributed by atoms with Crippen molar-refractivity contribution in [3.8, 4) is 0 Å². The third kappa shape index (κ3) is 4.57. The molecule has 0 aliphatic rings. The van der Waals surface area contributed by atoms with E-state index in [1.807, 2.05) is 78.6 Å². The molecule has 2 aromatic carbocycles. The molecule has 0 aliphatic carbocycles. The summed E-state index contributed by atoms with van der Waals surface area (Å²) in [6.45, 7) is 10.7. The highest BCUT2D eigenvalue weighted by Gasteiger charge is 2.27. The second-order valence-corrected chi connectivity index (χ2v) is 9.71. The van der Waals surface area contributed by atoms with Gasteiger partial charge in [0.15, 0.2) is 5.16 Å². The molecule has 33 heavy (non-hydrogen) atoms. The van der Waals surface area contributed by atoms with Gasteiger partial charge in [-0.15, -0.1) is 16.8 Å². The van der Waals surface area contributed by atoms with Crippen LogP contribution in [0, 0.1) is 0 Å². The first-order valence-corrected chi connectivity index (χ1v) is 11.7. The van der Waals surface area contributed by atoms with E-state index < -0.39 is 0 Å². The van der Waals surface area contributed by atoms with Crippen molar-refractivity contribution in [1.82, 2.24) is 24.1 Å². The predicted molar refractivity (Wildman–Crippen MR) is 132 cm³/mol. The third-order valence-electron chi connectivity index (χ3n) is 5.41. The number of rotatable bonds is 7. The molecule has 0 bridgehead atoms. The zero-order valence-corrected chi connectivity index (χ0v) is 19.9. The fourth-order valence-electron chi connectivity index (χ4n) is 3.79. The fourth-order valence-corrected chi connectivity index (χ4v) is 4.61. The minimum absolute atomic E-state index is 0.0109. The van der Waals surface area contributed by atoms with E-state index in [0.717, 1.165) is 11.1 Å². The van der Waals surface area contributed by atoms with Gasteiger partial charge in [-0.3, -0.25) is 18.6 Å². The van der Waals surface area contributed by atoms with Gasteiger partial charge in [-0.1, -0.05) is 60.3 Å². The molecule has 0 N–H and O–H groups in total. The average molecular weight is 462 g/mol. The molecule has 0 atom stereocenters. The first-order chi connectivity index (χ1) is 15.8. The van der Waals surface area contributed by atoms with Crippen molar-refractivity contribution < 1.29 is 4.79 Å². The second kappa shape index (κ2) is 9.23. The van der Waals surface area contributed by atoms with E-state index in [2.05, 4.69) is 16.8 Å². The number of allylic oxidation sites excluding steroid dienone is 1. The minimum atomic E-state index is -0.336. The van der Waals surface area contributed by atoms with Gasteiger partial charge in [-0.2, -0.15) is 0 Å². The molecule has 4 aromatic rings. The Labute approximate surface area is 196 Å². The topological polar surface area (TPSA) is 72.5 Å². The number of hydrogen-bond donors (Lipinski definition) is 0. The van der Waals surface area contributed by atoms with Crippen molar-refractivity contribution in [1.29, 1.82) is 0 Å². The van der Waals surface area contributed by atoms with Gasteiger partial charge >= 0.3 is 0 Å². The van der Waals surface area contributed by atoms with Crippen LogP contribution in [0.15, 0.2) is 77.2 Å². The Hall–Kier alpha value is -3.39. The van der Waals surface area contributed by atoms with Crippen LogP contribution < -0.4 is 5.56 Å². The van der Waals surface area contributed by atoms with Crippen LogP contribution in [0.25, 0.3) is 16.7 Å². The molecule has 0 saturated carbocycles. The van der Waals surface area contributed by atoms with Crippen molar-refractivity contribution >= 4 is 34.3 Å². The van der Waals surface area contributed by atoms with Gasteiger partial charge in [0.2, 0.25) is 11.7 Å². The van der Waals surface area contributed by atoms with E-state index in [-0.39, 0.29) is 22.8 Å². The van der Waals surface area contributed by atoms with Gasteiger partial charge in [0.25, 0.3) is 5.56 Å². The number of thioether (sulfide) groups is 1. The molecule has 2 heterocycles. The van der Waals surface area contributed by atoms with Gasteiger partial charge in [-0.25, -0.2) is 0 Å². The lowest BCUT2D eigenvalue weighted by Crippen LogP contribution is -2.45. The van der Waals surface area contributed by atoms with E-state index in [1.54, 1.807) is 16.7 Å². The number of carbonyl (C=O) groups excluding carboxylic acids is 1. The van der Waals surface area contributed by atoms with Crippen LogP contribution in [0.3, 0.4) is 0 Å². The van der Waals surface area contributed by atoms with Crippen molar-refractivity contribution in [2.24, 2.45) is 0 Å². The summed E-state index contributed by atoms with van der Waals surface area (Å²) in [6, 6.07) is 17.3. The molecular formula is C25H27N5O2S. The summed E-state index contributed by atoms with van der Waals surface area (Å²) in [5, 5.41) is 9.73. The van der Waals surface area contributed by atoms with Crippen LogP contribution >= 0.6 is 11.8 Å². The zero-order valence-electron chi connectivity index (χ0n) is 19.1. The van der Waals surface area contributed by atoms with Crippen molar-refractivity contribution in [3.63, 3.8) is 0 Å². The largest absolute Gasteiger partial charge is 0.333 e. The fraction of sp³-hybridized carbons (Fsp3) is 0.280. The quantitative estimate of drug-likeness (QED) is 0.305. The summed E-state index contributed by atoms with van der Waals surface area (Å²) in [5.41, 5.74) is 1.32. The number of para-hydroxylation sites is 1. The standard InChI is InChI=1S/C25H27N5O2S/c1-5-15-28-22(32)19-13-9-10-14-20(19)30-23(28)26-27-24(30)33-17-21(31)29(25(2,3)4)16-18-11-7-6-8-12-18/h5-14H,1,15-17H2,2-4H3. The van der Waals surface area contributed by atoms with E-state index in [1.165, 1.54) is 11.8 Å². The van der Waals surface area contributed by atoms with Gasteiger partial charge in [0.1, 0.15) is 0 Å². The van der Waals surface area contributed by atoms with Gasteiger partial charge < -0.3 is 4.90 Å². The number of amides is 1. The Morgan fingerprint density at radius 1 is 1.09 bits per heavy atom. The van der Waals surface area contributed by atoms with E-state index in [0.29, 0.717) is 29.4 Å².